The minimum atomic E-state index is 1.03. The highest BCUT2D eigenvalue weighted by Gasteiger charge is 2.19. The standard InChI is InChI=1S/C25H36N2S/c1-2-3-4-5-6-7-8-9-10-11-12-15-18-26-25-21-16-13-14-17-23(21)27-24-20-28-19-22(24)25/h13-14,16-18H,2-12,15,19-20H2,1H3/b26-18-. The Morgan fingerprint density at radius 2 is 1.57 bits per heavy atom. The molecule has 1 aliphatic heterocycles. The number of unbranched alkanes of at least 4 members (excludes halogenated alkanes) is 11. The maximum Gasteiger partial charge on any atom is 0.0778 e. The predicted molar refractivity (Wildman–Crippen MR) is 126 cm³/mol. The molecule has 152 valence electrons. The van der Waals surface area contributed by atoms with E-state index in [1.807, 2.05) is 11.8 Å². The van der Waals surface area contributed by atoms with Crippen molar-refractivity contribution in [3.8, 4) is 0 Å². The van der Waals surface area contributed by atoms with Gasteiger partial charge in [0.25, 0.3) is 0 Å². The minimum absolute atomic E-state index is 1.03. The van der Waals surface area contributed by atoms with Crippen LogP contribution in [-0.2, 0) is 11.5 Å². The van der Waals surface area contributed by atoms with Crippen LogP contribution in [0.1, 0.15) is 95.2 Å². The molecule has 0 atom stereocenters. The van der Waals surface area contributed by atoms with E-state index in [0.29, 0.717) is 0 Å². The van der Waals surface area contributed by atoms with Crippen molar-refractivity contribution in [2.24, 2.45) is 4.99 Å². The summed E-state index contributed by atoms with van der Waals surface area (Å²) in [5.41, 5.74) is 4.86. The lowest BCUT2D eigenvalue weighted by Crippen LogP contribution is -1.91. The summed E-state index contributed by atoms with van der Waals surface area (Å²) in [6, 6.07) is 8.45. The lowest BCUT2D eigenvalue weighted by Gasteiger charge is -2.07. The van der Waals surface area contributed by atoms with Gasteiger partial charge in [-0.25, -0.2) is 0 Å². The zero-order chi connectivity index (χ0) is 19.4. The molecule has 0 N–H and O–H groups in total. The van der Waals surface area contributed by atoms with Crippen LogP contribution in [0.25, 0.3) is 10.9 Å². The van der Waals surface area contributed by atoms with E-state index in [-0.39, 0.29) is 0 Å². The molecule has 0 spiro atoms. The summed E-state index contributed by atoms with van der Waals surface area (Å²) in [5.74, 6) is 2.08. The molecular weight excluding hydrogens is 360 g/mol. The molecule has 0 unspecified atom stereocenters. The molecule has 1 aromatic heterocycles. The second kappa shape index (κ2) is 12.3. The molecule has 28 heavy (non-hydrogen) atoms. The van der Waals surface area contributed by atoms with Gasteiger partial charge in [-0.3, -0.25) is 9.98 Å². The fourth-order valence-corrected chi connectivity index (χ4v) is 5.05. The van der Waals surface area contributed by atoms with E-state index < -0.39 is 0 Å². The number of aliphatic imine (C=N–C) groups is 1. The van der Waals surface area contributed by atoms with Crippen LogP contribution in [0.15, 0.2) is 29.3 Å². The van der Waals surface area contributed by atoms with E-state index in [0.717, 1.165) is 23.4 Å². The van der Waals surface area contributed by atoms with Gasteiger partial charge >= 0.3 is 0 Å². The van der Waals surface area contributed by atoms with Crippen LogP contribution >= 0.6 is 11.8 Å². The summed E-state index contributed by atoms with van der Waals surface area (Å²) in [7, 11) is 0. The van der Waals surface area contributed by atoms with Gasteiger partial charge in [-0.2, -0.15) is 11.8 Å². The molecule has 0 saturated carbocycles. The first-order valence-electron chi connectivity index (χ1n) is 11.4. The lowest BCUT2D eigenvalue weighted by molar-refractivity contribution is 0.552. The molecular formula is C25H36N2S. The Hall–Kier alpha value is -1.35. The van der Waals surface area contributed by atoms with Crippen LogP contribution in [0, 0.1) is 0 Å². The van der Waals surface area contributed by atoms with Crippen LogP contribution in [0.4, 0.5) is 5.69 Å². The van der Waals surface area contributed by atoms with Crippen molar-refractivity contribution >= 4 is 34.6 Å². The number of thioether (sulfide) groups is 1. The van der Waals surface area contributed by atoms with Crippen LogP contribution < -0.4 is 0 Å². The summed E-state index contributed by atoms with van der Waals surface area (Å²) >= 11 is 1.95. The van der Waals surface area contributed by atoms with E-state index in [1.54, 1.807) is 0 Å². The Bertz CT molecular complexity index is 754. The molecule has 0 bridgehead atoms. The maximum atomic E-state index is 4.91. The second-order valence-corrected chi connectivity index (χ2v) is 9.02. The fourth-order valence-electron chi connectivity index (χ4n) is 4.01. The fraction of sp³-hybridized carbons (Fsp3) is 0.600. The largest absolute Gasteiger partial charge is 0.260 e. The van der Waals surface area contributed by atoms with Gasteiger partial charge in [0.1, 0.15) is 0 Å². The molecule has 3 heteroatoms. The van der Waals surface area contributed by atoms with Gasteiger partial charge in [0.05, 0.1) is 16.9 Å². The molecule has 1 aromatic carbocycles. The van der Waals surface area contributed by atoms with Crippen LogP contribution in [0.2, 0.25) is 0 Å². The number of rotatable bonds is 13. The molecule has 2 nitrogen and oxygen atoms in total. The van der Waals surface area contributed by atoms with Gasteiger partial charge in [-0.15, -0.1) is 0 Å². The highest BCUT2D eigenvalue weighted by molar-refractivity contribution is 7.98. The zero-order valence-corrected chi connectivity index (χ0v) is 18.4. The van der Waals surface area contributed by atoms with Gasteiger partial charge in [0.15, 0.2) is 0 Å². The third kappa shape index (κ3) is 6.34. The third-order valence-electron chi connectivity index (χ3n) is 5.69. The highest BCUT2D eigenvalue weighted by Crippen LogP contribution is 2.39. The Morgan fingerprint density at radius 1 is 0.893 bits per heavy atom. The number of pyridine rings is 1. The number of benzene rings is 1. The monoisotopic (exact) mass is 396 g/mol. The molecule has 0 saturated heterocycles. The van der Waals surface area contributed by atoms with Crippen molar-refractivity contribution < 1.29 is 0 Å². The summed E-state index contributed by atoms with van der Waals surface area (Å²) in [5, 5.41) is 1.21. The molecule has 0 amide bonds. The van der Waals surface area contributed by atoms with Crippen molar-refractivity contribution in [3.05, 3.63) is 35.5 Å². The van der Waals surface area contributed by atoms with Crippen molar-refractivity contribution in [1.82, 2.24) is 4.98 Å². The van der Waals surface area contributed by atoms with Crippen LogP contribution in [-0.4, -0.2) is 11.2 Å². The average Bonchev–Trinajstić information content (AvgIpc) is 3.19. The topological polar surface area (TPSA) is 25.2 Å². The molecule has 1 aliphatic rings. The predicted octanol–water partition coefficient (Wildman–Crippen LogP) is 8.39. The van der Waals surface area contributed by atoms with Gasteiger partial charge < -0.3 is 0 Å². The second-order valence-electron chi connectivity index (χ2n) is 8.03. The Labute approximate surface area is 175 Å². The number of hydrogen-bond donors (Lipinski definition) is 0. The number of aromatic nitrogens is 1. The SMILES string of the molecule is CCCCCCCCCCCCC/C=N\c1c2c(nc3ccccc13)CSC2. The zero-order valence-electron chi connectivity index (χ0n) is 17.6. The Balaban J connectivity index is 1.36. The average molecular weight is 397 g/mol. The third-order valence-corrected chi connectivity index (χ3v) is 6.66. The smallest absolute Gasteiger partial charge is 0.0778 e. The number of fused-ring (bicyclic) bond motifs is 2. The van der Waals surface area contributed by atoms with Crippen molar-refractivity contribution in [2.45, 2.75) is 95.5 Å². The van der Waals surface area contributed by atoms with E-state index in [1.165, 1.54) is 93.0 Å². The van der Waals surface area contributed by atoms with Gasteiger partial charge in [0.2, 0.25) is 0 Å². The normalized spacial score (nSPS) is 13.6. The summed E-state index contributed by atoms with van der Waals surface area (Å²) in [6.07, 6.45) is 18.6. The first-order valence-corrected chi connectivity index (χ1v) is 12.6. The number of nitrogens with zero attached hydrogens (tertiary/aromatic N) is 2. The quantitative estimate of drug-likeness (QED) is 0.251. The van der Waals surface area contributed by atoms with Gasteiger partial charge in [-0.05, 0) is 18.9 Å². The lowest BCUT2D eigenvalue weighted by atomic mass is 10.1. The Morgan fingerprint density at radius 3 is 2.32 bits per heavy atom. The van der Waals surface area contributed by atoms with E-state index in [2.05, 4.69) is 37.4 Å². The molecule has 3 rings (SSSR count). The number of para-hydroxylation sites is 1. The molecule has 0 aliphatic carbocycles. The van der Waals surface area contributed by atoms with Crippen molar-refractivity contribution in [1.29, 1.82) is 0 Å². The van der Waals surface area contributed by atoms with Crippen molar-refractivity contribution in [3.63, 3.8) is 0 Å². The van der Waals surface area contributed by atoms with Crippen molar-refractivity contribution in [2.75, 3.05) is 0 Å². The van der Waals surface area contributed by atoms with E-state index in [4.69, 9.17) is 9.98 Å². The maximum absolute atomic E-state index is 4.91. The molecule has 0 fully saturated rings. The summed E-state index contributed by atoms with van der Waals surface area (Å²) < 4.78 is 0. The van der Waals surface area contributed by atoms with Gasteiger partial charge in [0, 0.05) is 28.7 Å². The van der Waals surface area contributed by atoms with Crippen LogP contribution in [0.3, 0.4) is 0 Å². The first-order chi connectivity index (χ1) is 13.9. The van der Waals surface area contributed by atoms with E-state index in [9.17, 15) is 0 Å². The first kappa shape index (κ1) is 21.4. The molecule has 2 heterocycles. The summed E-state index contributed by atoms with van der Waals surface area (Å²) in [6.45, 7) is 2.29. The van der Waals surface area contributed by atoms with Crippen LogP contribution in [0.5, 0.6) is 0 Å². The highest BCUT2D eigenvalue weighted by atomic mass is 32.2. The number of hydrogen-bond acceptors (Lipinski definition) is 3. The van der Waals surface area contributed by atoms with E-state index >= 15 is 0 Å². The summed E-state index contributed by atoms with van der Waals surface area (Å²) in [4.78, 5) is 9.75. The molecule has 0 radical (unpaired) electrons. The minimum Gasteiger partial charge on any atom is -0.260 e. The molecule has 2 aromatic rings. The van der Waals surface area contributed by atoms with Gasteiger partial charge in [-0.1, -0.05) is 89.3 Å². The Kier molecular flexibility index (Phi) is 9.36.